The molecule has 0 nitrogen and oxygen atoms in total. The van der Waals surface area contributed by atoms with E-state index < -0.39 is 0 Å². The van der Waals surface area contributed by atoms with E-state index in [0.29, 0.717) is 11.8 Å². The van der Waals surface area contributed by atoms with Crippen molar-refractivity contribution in [1.29, 1.82) is 0 Å². The molecule has 202 valence electrons. The largest absolute Gasteiger partial charge is 0.112 e. The third-order valence-corrected chi connectivity index (χ3v) is 8.91. The second-order valence-electron chi connectivity index (χ2n) is 11.6. The van der Waals surface area contributed by atoms with Gasteiger partial charge >= 0.3 is 0 Å². The highest BCUT2D eigenvalue weighted by Crippen LogP contribution is 2.47. The van der Waals surface area contributed by atoms with E-state index >= 15 is 0 Å². The van der Waals surface area contributed by atoms with E-state index in [4.69, 9.17) is 0 Å². The van der Waals surface area contributed by atoms with Crippen LogP contribution in [0.5, 0.6) is 0 Å². The Labute approximate surface area is 249 Å². The minimum atomic E-state index is 0.451. The van der Waals surface area contributed by atoms with Crippen LogP contribution in [0.3, 0.4) is 0 Å². The van der Waals surface area contributed by atoms with E-state index in [1.165, 1.54) is 61.2 Å². The van der Waals surface area contributed by atoms with Crippen LogP contribution in [-0.2, 0) is 6.42 Å². The Balaban J connectivity index is 1.22. The smallest absolute Gasteiger partial charge is 0.0243 e. The Morgan fingerprint density at radius 1 is 0.548 bits per heavy atom. The maximum Gasteiger partial charge on any atom is 0.0243 e. The van der Waals surface area contributed by atoms with Gasteiger partial charge in [0.15, 0.2) is 0 Å². The third kappa shape index (κ3) is 5.03. The van der Waals surface area contributed by atoms with Crippen LogP contribution >= 0.6 is 0 Å². The summed E-state index contributed by atoms with van der Waals surface area (Å²) in [6.45, 7) is 4.52. The number of allylic oxidation sites excluding steroid dienone is 5. The van der Waals surface area contributed by atoms with Crippen molar-refractivity contribution in [3.8, 4) is 11.1 Å². The van der Waals surface area contributed by atoms with E-state index in [9.17, 15) is 0 Å². The fourth-order valence-electron chi connectivity index (χ4n) is 6.53. The monoisotopic (exact) mass is 538 g/mol. The summed E-state index contributed by atoms with van der Waals surface area (Å²) in [6, 6.07) is 46.5. The molecule has 2 aliphatic carbocycles. The minimum Gasteiger partial charge on any atom is -0.112 e. The van der Waals surface area contributed by atoms with E-state index in [1.54, 1.807) is 0 Å². The maximum absolute atomic E-state index is 3.62. The molecular weight excluding hydrogens is 504 g/mol. The van der Waals surface area contributed by atoms with Gasteiger partial charge in [0.25, 0.3) is 0 Å². The molecule has 0 amide bonds. The first-order valence-electron chi connectivity index (χ1n) is 14.9. The molecule has 0 saturated heterocycles. The van der Waals surface area contributed by atoms with Gasteiger partial charge in [0, 0.05) is 5.57 Å². The van der Waals surface area contributed by atoms with Gasteiger partial charge in [0.2, 0.25) is 0 Å². The van der Waals surface area contributed by atoms with Crippen molar-refractivity contribution in [2.24, 2.45) is 0 Å². The molecule has 2 aliphatic rings. The van der Waals surface area contributed by atoms with E-state index in [-0.39, 0.29) is 0 Å². The molecule has 0 aromatic heterocycles. The van der Waals surface area contributed by atoms with Crippen LogP contribution in [0.25, 0.3) is 27.8 Å². The summed E-state index contributed by atoms with van der Waals surface area (Å²) >= 11 is 0. The fraction of sp³-hybridized carbons (Fsp3) is 0.119. The molecule has 0 radical (unpaired) electrons. The first kappa shape index (κ1) is 26.0. The highest BCUT2D eigenvalue weighted by Gasteiger charge is 2.30. The number of fused-ring (bicyclic) bond motifs is 3. The molecule has 0 heteroatoms. The summed E-state index contributed by atoms with van der Waals surface area (Å²) in [6.07, 6.45) is 7.73. The van der Waals surface area contributed by atoms with Crippen molar-refractivity contribution in [3.63, 3.8) is 0 Å². The zero-order valence-corrected chi connectivity index (χ0v) is 24.2. The summed E-state index contributed by atoms with van der Waals surface area (Å²) in [4.78, 5) is 0. The highest BCUT2D eigenvalue weighted by molar-refractivity contribution is 5.95. The van der Waals surface area contributed by atoms with E-state index in [1.807, 2.05) is 0 Å². The molecular formula is C42H34. The molecule has 0 aliphatic heterocycles. The molecule has 0 N–H and O–H groups in total. The van der Waals surface area contributed by atoms with Gasteiger partial charge in [-0.05, 0) is 99.1 Å². The zero-order valence-electron chi connectivity index (χ0n) is 24.2. The van der Waals surface area contributed by atoms with Gasteiger partial charge in [0.1, 0.15) is 0 Å². The van der Waals surface area contributed by atoms with Gasteiger partial charge in [-0.2, -0.15) is 0 Å². The predicted molar refractivity (Wildman–Crippen MR) is 178 cm³/mol. The van der Waals surface area contributed by atoms with Crippen LogP contribution in [0.4, 0.5) is 0 Å². The van der Waals surface area contributed by atoms with Crippen molar-refractivity contribution >= 4 is 16.7 Å². The third-order valence-electron chi connectivity index (χ3n) is 8.91. The second-order valence-corrected chi connectivity index (χ2v) is 11.6. The lowest BCUT2D eigenvalue weighted by Gasteiger charge is -2.34. The summed E-state index contributed by atoms with van der Waals surface area (Å²) in [5, 5.41) is 0. The summed E-state index contributed by atoms with van der Waals surface area (Å²) in [5.74, 6) is 0.915. The lowest BCUT2D eigenvalue weighted by Crippen LogP contribution is -2.17. The average Bonchev–Trinajstić information content (AvgIpc) is 3.28. The first-order chi connectivity index (χ1) is 20.6. The number of hydrogen-bond acceptors (Lipinski definition) is 0. The predicted octanol–water partition coefficient (Wildman–Crippen LogP) is 10.8. The Bertz CT molecular complexity index is 1870. The quantitative estimate of drug-likeness (QED) is 0.195. The Hall–Kier alpha value is -4.90. The normalized spacial score (nSPS) is 17.3. The summed E-state index contributed by atoms with van der Waals surface area (Å²) in [7, 11) is 0. The van der Waals surface area contributed by atoms with Crippen molar-refractivity contribution in [2.75, 3.05) is 0 Å². The van der Waals surface area contributed by atoms with Gasteiger partial charge in [-0.1, -0.05) is 140 Å². The van der Waals surface area contributed by atoms with Crippen molar-refractivity contribution in [1.82, 2.24) is 0 Å². The SMILES string of the molecule is Cc1ccc(C2=C=CC(c3ccc(CC4c5ccccc5-c5ccccc5C4C)cc3)=CC(c3ccccc3)=C2)cc1. The number of rotatable bonds is 5. The van der Waals surface area contributed by atoms with Crippen LogP contribution in [0, 0.1) is 6.92 Å². The molecule has 0 heterocycles. The number of hydrogen-bond donors (Lipinski definition) is 0. The molecule has 2 unspecified atom stereocenters. The molecule has 7 rings (SSSR count). The number of aryl methyl sites for hydroxylation is 1. The molecule has 42 heavy (non-hydrogen) atoms. The molecule has 0 bridgehead atoms. The maximum atomic E-state index is 3.62. The van der Waals surface area contributed by atoms with Crippen LogP contribution in [-0.4, -0.2) is 0 Å². The molecule has 0 fully saturated rings. The van der Waals surface area contributed by atoms with Gasteiger partial charge in [-0.25, -0.2) is 0 Å². The van der Waals surface area contributed by atoms with Gasteiger partial charge in [0.05, 0.1) is 0 Å². The first-order valence-corrected chi connectivity index (χ1v) is 14.9. The van der Waals surface area contributed by atoms with Gasteiger partial charge in [-0.15, -0.1) is 5.73 Å². The lowest BCUT2D eigenvalue weighted by atomic mass is 9.70. The van der Waals surface area contributed by atoms with Gasteiger partial charge < -0.3 is 0 Å². The van der Waals surface area contributed by atoms with E-state index in [0.717, 1.165) is 12.0 Å². The Morgan fingerprint density at radius 2 is 1.14 bits per heavy atom. The molecule has 0 saturated carbocycles. The minimum absolute atomic E-state index is 0.451. The Kier molecular flexibility index (Phi) is 6.92. The van der Waals surface area contributed by atoms with Crippen molar-refractivity contribution in [2.45, 2.75) is 32.1 Å². The summed E-state index contributed by atoms with van der Waals surface area (Å²) < 4.78 is 0. The Morgan fingerprint density at radius 3 is 1.88 bits per heavy atom. The molecule has 0 spiro atoms. The van der Waals surface area contributed by atoms with Crippen LogP contribution in [0.15, 0.2) is 151 Å². The zero-order chi connectivity index (χ0) is 28.5. The topological polar surface area (TPSA) is 0 Å². The van der Waals surface area contributed by atoms with Crippen molar-refractivity contribution in [3.05, 3.63) is 190 Å². The molecule has 5 aromatic carbocycles. The number of benzene rings is 5. The lowest BCUT2D eigenvalue weighted by molar-refractivity contribution is 0.566. The average molecular weight is 539 g/mol. The van der Waals surface area contributed by atoms with Crippen LogP contribution < -0.4 is 0 Å². The van der Waals surface area contributed by atoms with E-state index in [2.05, 4.69) is 165 Å². The van der Waals surface area contributed by atoms with Crippen molar-refractivity contribution < 1.29 is 0 Å². The molecule has 5 aromatic rings. The highest BCUT2D eigenvalue weighted by atomic mass is 14.3. The fourth-order valence-corrected chi connectivity index (χ4v) is 6.53. The van der Waals surface area contributed by atoms with Crippen LogP contribution in [0.2, 0.25) is 0 Å². The van der Waals surface area contributed by atoms with Crippen LogP contribution in [0.1, 0.15) is 57.7 Å². The second kappa shape index (κ2) is 11.2. The molecule has 2 atom stereocenters. The van der Waals surface area contributed by atoms with Gasteiger partial charge in [-0.3, -0.25) is 0 Å². The standard InChI is InChI=1S/C42H34/c1-29-16-20-33(21-17-29)35-24-25-36(28-37(27-35)32-10-4-3-5-11-32)34-22-18-31(19-23-34)26-42-30(2)38-12-6-7-13-39(38)40-14-8-9-15-41(40)42/h3-23,25,27-28,30,42H,26H2,1-2H3. The summed E-state index contributed by atoms with van der Waals surface area (Å²) in [5.41, 5.74) is 19.0.